The SMILES string of the molecule is CCCCCCOC(=O)C(Cl)CCCCCC. The Balaban J connectivity index is 3.40. The van der Waals surface area contributed by atoms with Crippen LogP contribution in [0.4, 0.5) is 0 Å². The highest BCUT2D eigenvalue weighted by molar-refractivity contribution is 6.29. The first kappa shape index (κ1) is 16.8. The van der Waals surface area contributed by atoms with Crippen LogP contribution < -0.4 is 0 Å². The first-order valence-electron chi connectivity index (χ1n) is 7.03. The molecule has 0 spiro atoms. The van der Waals surface area contributed by atoms with E-state index in [1.807, 2.05) is 0 Å². The maximum atomic E-state index is 11.5. The number of carbonyl (C=O) groups is 1. The van der Waals surface area contributed by atoms with E-state index < -0.39 is 5.38 Å². The minimum atomic E-state index is -0.446. The second-order valence-corrected chi connectivity index (χ2v) is 5.07. The summed E-state index contributed by atoms with van der Waals surface area (Å²) >= 11 is 5.98. The molecule has 0 aromatic heterocycles. The van der Waals surface area contributed by atoms with Crippen molar-refractivity contribution in [2.75, 3.05) is 6.61 Å². The Morgan fingerprint density at radius 1 is 1.00 bits per heavy atom. The molecule has 0 radical (unpaired) electrons. The molecule has 1 unspecified atom stereocenters. The summed E-state index contributed by atoms with van der Waals surface area (Å²) in [5, 5.41) is -0.446. The van der Waals surface area contributed by atoms with Crippen molar-refractivity contribution in [1.29, 1.82) is 0 Å². The second-order valence-electron chi connectivity index (χ2n) is 4.55. The Kier molecular flexibility index (Phi) is 12.1. The van der Waals surface area contributed by atoms with E-state index in [1.165, 1.54) is 25.7 Å². The van der Waals surface area contributed by atoms with Crippen LogP contribution in [0.2, 0.25) is 0 Å². The highest BCUT2D eigenvalue weighted by Crippen LogP contribution is 2.12. The highest BCUT2D eigenvalue weighted by atomic mass is 35.5. The molecule has 0 bridgehead atoms. The molecule has 3 heteroatoms. The zero-order valence-electron chi connectivity index (χ0n) is 11.3. The summed E-state index contributed by atoms with van der Waals surface area (Å²) in [5.41, 5.74) is 0. The molecule has 0 aliphatic heterocycles. The van der Waals surface area contributed by atoms with Gasteiger partial charge in [-0.25, -0.2) is 0 Å². The van der Waals surface area contributed by atoms with Crippen molar-refractivity contribution in [2.24, 2.45) is 0 Å². The summed E-state index contributed by atoms with van der Waals surface area (Å²) in [7, 11) is 0. The first-order chi connectivity index (χ1) is 8.22. The van der Waals surface area contributed by atoms with Gasteiger partial charge < -0.3 is 4.74 Å². The van der Waals surface area contributed by atoms with Crippen LogP contribution in [0.1, 0.15) is 71.6 Å². The molecule has 0 aromatic carbocycles. The van der Waals surface area contributed by atoms with Crippen LogP contribution in [-0.4, -0.2) is 18.0 Å². The van der Waals surface area contributed by atoms with Crippen LogP contribution in [-0.2, 0) is 9.53 Å². The molecule has 0 saturated carbocycles. The van der Waals surface area contributed by atoms with Gasteiger partial charge in [0.1, 0.15) is 5.38 Å². The van der Waals surface area contributed by atoms with Gasteiger partial charge in [-0.1, -0.05) is 58.8 Å². The van der Waals surface area contributed by atoms with Gasteiger partial charge in [0.2, 0.25) is 0 Å². The second kappa shape index (κ2) is 12.2. The Labute approximate surface area is 111 Å². The van der Waals surface area contributed by atoms with Gasteiger partial charge >= 0.3 is 5.97 Å². The molecule has 0 amide bonds. The van der Waals surface area contributed by atoms with Crippen LogP contribution in [0.25, 0.3) is 0 Å². The van der Waals surface area contributed by atoms with E-state index >= 15 is 0 Å². The molecule has 0 fully saturated rings. The third kappa shape index (κ3) is 10.6. The van der Waals surface area contributed by atoms with E-state index in [-0.39, 0.29) is 5.97 Å². The van der Waals surface area contributed by atoms with Gasteiger partial charge in [-0.2, -0.15) is 0 Å². The lowest BCUT2D eigenvalue weighted by molar-refractivity contribution is -0.143. The van der Waals surface area contributed by atoms with Gasteiger partial charge in [0, 0.05) is 0 Å². The molecule has 0 saturated heterocycles. The van der Waals surface area contributed by atoms with Crippen LogP contribution in [0.5, 0.6) is 0 Å². The summed E-state index contributed by atoms with van der Waals surface area (Å²) in [6.45, 7) is 4.86. The van der Waals surface area contributed by atoms with E-state index in [1.54, 1.807) is 0 Å². The first-order valence-corrected chi connectivity index (χ1v) is 7.46. The minimum Gasteiger partial charge on any atom is -0.465 e. The molecule has 0 N–H and O–H groups in total. The lowest BCUT2D eigenvalue weighted by Crippen LogP contribution is -2.18. The normalized spacial score (nSPS) is 12.4. The number of rotatable bonds is 11. The average molecular weight is 263 g/mol. The molecule has 17 heavy (non-hydrogen) atoms. The fourth-order valence-corrected chi connectivity index (χ4v) is 1.88. The number of hydrogen-bond donors (Lipinski definition) is 0. The van der Waals surface area contributed by atoms with Gasteiger partial charge in [-0.15, -0.1) is 11.6 Å². The fraction of sp³-hybridized carbons (Fsp3) is 0.929. The van der Waals surface area contributed by atoms with E-state index in [4.69, 9.17) is 16.3 Å². The zero-order chi connectivity index (χ0) is 12.9. The fourth-order valence-electron chi connectivity index (χ4n) is 1.66. The molecule has 2 nitrogen and oxygen atoms in total. The topological polar surface area (TPSA) is 26.3 Å². The number of hydrogen-bond acceptors (Lipinski definition) is 2. The molecule has 102 valence electrons. The summed E-state index contributed by atoms with van der Waals surface area (Å²) in [5.74, 6) is -0.236. The van der Waals surface area contributed by atoms with Crippen molar-refractivity contribution < 1.29 is 9.53 Å². The molecular weight excluding hydrogens is 236 g/mol. The Morgan fingerprint density at radius 3 is 2.18 bits per heavy atom. The van der Waals surface area contributed by atoms with E-state index in [0.717, 1.165) is 32.1 Å². The van der Waals surface area contributed by atoms with Gasteiger partial charge in [0.15, 0.2) is 0 Å². The van der Waals surface area contributed by atoms with Crippen LogP contribution >= 0.6 is 11.6 Å². The van der Waals surface area contributed by atoms with Crippen LogP contribution in [0, 0.1) is 0 Å². The average Bonchev–Trinajstić information content (AvgIpc) is 2.34. The number of unbranched alkanes of at least 4 members (excludes halogenated alkanes) is 6. The smallest absolute Gasteiger partial charge is 0.324 e. The highest BCUT2D eigenvalue weighted by Gasteiger charge is 2.15. The van der Waals surface area contributed by atoms with Gasteiger partial charge in [0.05, 0.1) is 6.61 Å². The van der Waals surface area contributed by atoms with E-state index in [0.29, 0.717) is 6.61 Å². The summed E-state index contributed by atoms with van der Waals surface area (Å²) in [6.07, 6.45) is 9.84. The quantitative estimate of drug-likeness (QED) is 0.307. The standard InChI is InChI=1S/C14H27ClO2/c1-3-5-7-9-11-13(15)14(16)17-12-10-8-6-4-2/h13H,3-12H2,1-2H3. The van der Waals surface area contributed by atoms with Crippen molar-refractivity contribution in [2.45, 2.75) is 77.0 Å². The molecule has 0 rings (SSSR count). The molecular formula is C14H27ClO2. The lowest BCUT2D eigenvalue weighted by Gasteiger charge is -2.09. The number of alkyl halides is 1. The molecule has 0 aliphatic rings. The Hall–Kier alpha value is -0.240. The van der Waals surface area contributed by atoms with Crippen molar-refractivity contribution in [3.63, 3.8) is 0 Å². The van der Waals surface area contributed by atoms with E-state index in [2.05, 4.69) is 13.8 Å². The van der Waals surface area contributed by atoms with Crippen LogP contribution in [0.3, 0.4) is 0 Å². The molecule has 1 atom stereocenters. The third-order valence-electron chi connectivity index (χ3n) is 2.81. The summed E-state index contributed by atoms with van der Waals surface area (Å²) in [4.78, 5) is 11.5. The lowest BCUT2D eigenvalue weighted by atomic mass is 10.1. The predicted octanol–water partition coefficient (Wildman–Crippen LogP) is 4.69. The van der Waals surface area contributed by atoms with Crippen molar-refractivity contribution in [3.8, 4) is 0 Å². The maximum absolute atomic E-state index is 11.5. The van der Waals surface area contributed by atoms with Crippen molar-refractivity contribution in [3.05, 3.63) is 0 Å². The molecule has 0 aliphatic carbocycles. The molecule has 0 aromatic rings. The third-order valence-corrected chi connectivity index (χ3v) is 3.21. The molecule has 0 heterocycles. The van der Waals surface area contributed by atoms with Gasteiger partial charge in [-0.3, -0.25) is 4.79 Å². The summed E-state index contributed by atoms with van der Waals surface area (Å²) < 4.78 is 5.14. The monoisotopic (exact) mass is 262 g/mol. The number of esters is 1. The zero-order valence-corrected chi connectivity index (χ0v) is 12.1. The largest absolute Gasteiger partial charge is 0.465 e. The number of halogens is 1. The summed E-state index contributed by atoms with van der Waals surface area (Å²) in [6, 6.07) is 0. The maximum Gasteiger partial charge on any atom is 0.324 e. The Bertz CT molecular complexity index is 183. The van der Waals surface area contributed by atoms with Gasteiger partial charge in [-0.05, 0) is 12.8 Å². The van der Waals surface area contributed by atoms with Crippen molar-refractivity contribution in [1.82, 2.24) is 0 Å². The van der Waals surface area contributed by atoms with E-state index in [9.17, 15) is 4.79 Å². The van der Waals surface area contributed by atoms with Crippen molar-refractivity contribution >= 4 is 17.6 Å². The predicted molar refractivity (Wildman–Crippen MR) is 73.5 cm³/mol. The minimum absolute atomic E-state index is 0.236. The number of carbonyl (C=O) groups excluding carboxylic acids is 1. The van der Waals surface area contributed by atoms with Crippen LogP contribution in [0.15, 0.2) is 0 Å². The van der Waals surface area contributed by atoms with Gasteiger partial charge in [0.25, 0.3) is 0 Å². The Morgan fingerprint density at radius 2 is 1.59 bits per heavy atom. The number of ether oxygens (including phenoxy) is 1.